The van der Waals surface area contributed by atoms with E-state index in [1.165, 1.54) is 5.56 Å². The van der Waals surface area contributed by atoms with Crippen molar-refractivity contribution >= 4 is 23.2 Å². The topological polar surface area (TPSA) is 52.7 Å². The van der Waals surface area contributed by atoms with Gasteiger partial charge in [0.2, 0.25) is 5.91 Å². The zero-order valence-electron chi connectivity index (χ0n) is 15.0. The van der Waals surface area contributed by atoms with Crippen LogP contribution in [-0.4, -0.2) is 43.4 Å². The number of benzene rings is 2. The molecular formula is C21H23N3O2. The van der Waals surface area contributed by atoms with Crippen molar-refractivity contribution in [3.05, 3.63) is 59.2 Å². The Bertz CT molecular complexity index is 862. The normalized spacial score (nSPS) is 16.1. The lowest BCUT2D eigenvalue weighted by Gasteiger charge is -2.29. The Balaban J connectivity index is 1.47. The second-order valence-corrected chi connectivity index (χ2v) is 6.98. The van der Waals surface area contributed by atoms with Crippen LogP contribution >= 0.6 is 0 Å². The van der Waals surface area contributed by atoms with Crippen molar-refractivity contribution in [1.82, 2.24) is 4.90 Å². The fourth-order valence-electron chi connectivity index (χ4n) is 3.76. The van der Waals surface area contributed by atoms with E-state index < -0.39 is 0 Å². The lowest BCUT2D eigenvalue weighted by molar-refractivity contribution is -0.117. The molecule has 0 saturated heterocycles. The molecule has 134 valence electrons. The zero-order chi connectivity index (χ0) is 18.1. The van der Waals surface area contributed by atoms with Crippen LogP contribution in [0.25, 0.3) is 0 Å². The summed E-state index contributed by atoms with van der Waals surface area (Å²) in [6.07, 6.45) is 2.89. The van der Waals surface area contributed by atoms with Gasteiger partial charge < -0.3 is 15.1 Å². The Morgan fingerprint density at radius 2 is 1.92 bits per heavy atom. The van der Waals surface area contributed by atoms with Crippen molar-refractivity contribution in [1.29, 1.82) is 0 Å². The molecule has 2 amide bonds. The Labute approximate surface area is 153 Å². The monoisotopic (exact) mass is 349 g/mol. The van der Waals surface area contributed by atoms with Crippen molar-refractivity contribution in [3.8, 4) is 0 Å². The summed E-state index contributed by atoms with van der Waals surface area (Å²) < 4.78 is 0. The van der Waals surface area contributed by atoms with Crippen LogP contribution in [0.4, 0.5) is 11.4 Å². The van der Waals surface area contributed by atoms with Gasteiger partial charge in [-0.1, -0.05) is 24.3 Å². The van der Waals surface area contributed by atoms with Gasteiger partial charge in [0.1, 0.15) is 0 Å². The van der Waals surface area contributed by atoms with Gasteiger partial charge in [-0.3, -0.25) is 9.59 Å². The minimum absolute atomic E-state index is 0.0474. The number of nitrogens with one attached hydrogen (secondary N) is 1. The van der Waals surface area contributed by atoms with Crippen LogP contribution in [-0.2, 0) is 17.6 Å². The van der Waals surface area contributed by atoms with Gasteiger partial charge in [-0.15, -0.1) is 0 Å². The highest BCUT2D eigenvalue weighted by Crippen LogP contribution is 2.27. The molecule has 0 spiro atoms. The number of likely N-dealkylation sites (N-methyl/N-ethyl adjacent to an activating group) is 1. The number of para-hydroxylation sites is 1. The summed E-state index contributed by atoms with van der Waals surface area (Å²) in [7, 11) is 1.82. The molecule has 0 aromatic heterocycles. The average molecular weight is 349 g/mol. The third-order valence-electron chi connectivity index (χ3n) is 5.26. The average Bonchev–Trinajstić information content (AvgIpc) is 2.68. The molecule has 2 aliphatic heterocycles. The molecule has 0 aliphatic carbocycles. The van der Waals surface area contributed by atoms with Gasteiger partial charge in [-0.05, 0) is 48.6 Å². The molecule has 1 N–H and O–H groups in total. The van der Waals surface area contributed by atoms with Gasteiger partial charge >= 0.3 is 0 Å². The number of aryl methyl sites for hydroxylation is 1. The Kier molecular flexibility index (Phi) is 4.37. The lowest BCUT2D eigenvalue weighted by Crippen LogP contribution is -2.39. The Hall–Kier alpha value is -2.82. The van der Waals surface area contributed by atoms with Gasteiger partial charge in [-0.25, -0.2) is 0 Å². The summed E-state index contributed by atoms with van der Waals surface area (Å²) in [5.41, 5.74) is 4.88. The summed E-state index contributed by atoms with van der Waals surface area (Å²) in [4.78, 5) is 28.6. The third kappa shape index (κ3) is 3.05. The number of fused-ring (bicyclic) bond motifs is 2. The van der Waals surface area contributed by atoms with Crippen molar-refractivity contribution in [2.45, 2.75) is 19.3 Å². The van der Waals surface area contributed by atoms with E-state index in [2.05, 4.69) is 11.4 Å². The van der Waals surface area contributed by atoms with E-state index >= 15 is 0 Å². The van der Waals surface area contributed by atoms with Crippen LogP contribution in [0.3, 0.4) is 0 Å². The van der Waals surface area contributed by atoms with Crippen LogP contribution in [0.1, 0.15) is 27.9 Å². The van der Waals surface area contributed by atoms with Crippen LogP contribution < -0.4 is 10.2 Å². The third-order valence-corrected chi connectivity index (χ3v) is 5.26. The van der Waals surface area contributed by atoms with Crippen LogP contribution in [0.15, 0.2) is 42.5 Å². The number of carbonyl (C=O) groups excluding carboxylic acids is 2. The highest BCUT2D eigenvalue weighted by molar-refractivity contribution is 5.99. The molecule has 5 heteroatoms. The van der Waals surface area contributed by atoms with Crippen LogP contribution in [0.2, 0.25) is 0 Å². The molecule has 0 bridgehead atoms. The van der Waals surface area contributed by atoms with Gasteiger partial charge in [0, 0.05) is 37.1 Å². The Morgan fingerprint density at radius 1 is 1.08 bits per heavy atom. The molecule has 5 nitrogen and oxygen atoms in total. The molecule has 0 fully saturated rings. The molecule has 2 heterocycles. The SMILES string of the molecule is CN1CCc2ccc(NCC(=O)N3CCCc4ccccc43)cc2C1=O. The summed E-state index contributed by atoms with van der Waals surface area (Å²) in [6, 6.07) is 13.9. The first kappa shape index (κ1) is 16.6. The Morgan fingerprint density at radius 3 is 2.81 bits per heavy atom. The first-order chi connectivity index (χ1) is 12.6. The number of amides is 2. The molecule has 2 aliphatic rings. The predicted octanol–water partition coefficient (Wildman–Crippen LogP) is 2.71. The van der Waals surface area contributed by atoms with Crippen molar-refractivity contribution < 1.29 is 9.59 Å². The smallest absolute Gasteiger partial charge is 0.253 e. The molecule has 2 aromatic carbocycles. The maximum absolute atomic E-state index is 12.7. The molecule has 0 saturated carbocycles. The van der Waals surface area contributed by atoms with E-state index in [-0.39, 0.29) is 18.4 Å². The van der Waals surface area contributed by atoms with Gasteiger partial charge in [0.05, 0.1) is 6.54 Å². The maximum Gasteiger partial charge on any atom is 0.253 e. The molecule has 0 radical (unpaired) electrons. The van der Waals surface area contributed by atoms with Crippen LogP contribution in [0.5, 0.6) is 0 Å². The van der Waals surface area contributed by atoms with Gasteiger partial charge in [0.15, 0.2) is 0 Å². The first-order valence-corrected chi connectivity index (χ1v) is 9.14. The summed E-state index contributed by atoms with van der Waals surface area (Å²) in [5.74, 6) is 0.101. The maximum atomic E-state index is 12.7. The molecule has 0 unspecified atom stereocenters. The highest BCUT2D eigenvalue weighted by atomic mass is 16.2. The zero-order valence-corrected chi connectivity index (χ0v) is 15.0. The summed E-state index contributed by atoms with van der Waals surface area (Å²) in [5, 5.41) is 3.20. The number of rotatable bonds is 3. The highest BCUT2D eigenvalue weighted by Gasteiger charge is 2.23. The van der Waals surface area contributed by atoms with E-state index in [9.17, 15) is 9.59 Å². The van der Waals surface area contributed by atoms with Crippen LogP contribution in [0, 0.1) is 0 Å². The molecule has 4 rings (SSSR count). The van der Waals surface area contributed by atoms with Crippen molar-refractivity contribution in [2.24, 2.45) is 0 Å². The molecule has 26 heavy (non-hydrogen) atoms. The standard InChI is InChI=1S/C21H23N3O2/c1-23-12-10-15-8-9-17(13-18(15)21(23)26)22-14-20(25)24-11-4-6-16-5-2-3-7-19(16)24/h2-3,5,7-9,13,22H,4,6,10-12,14H2,1H3. The van der Waals surface area contributed by atoms with E-state index in [4.69, 9.17) is 0 Å². The van der Waals surface area contributed by atoms with E-state index in [1.54, 1.807) is 4.90 Å². The fourth-order valence-corrected chi connectivity index (χ4v) is 3.76. The second kappa shape index (κ2) is 6.83. The van der Waals surface area contributed by atoms with E-state index in [1.807, 2.05) is 48.3 Å². The molecule has 0 atom stereocenters. The number of carbonyl (C=O) groups is 2. The van der Waals surface area contributed by atoms with E-state index in [0.717, 1.165) is 54.9 Å². The minimum Gasteiger partial charge on any atom is -0.376 e. The van der Waals surface area contributed by atoms with Gasteiger partial charge in [-0.2, -0.15) is 0 Å². The first-order valence-electron chi connectivity index (χ1n) is 9.14. The minimum atomic E-state index is 0.0474. The lowest BCUT2D eigenvalue weighted by atomic mass is 9.98. The molecular weight excluding hydrogens is 326 g/mol. The van der Waals surface area contributed by atoms with Crippen molar-refractivity contribution in [3.63, 3.8) is 0 Å². The number of hydrogen-bond acceptors (Lipinski definition) is 3. The summed E-state index contributed by atoms with van der Waals surface area (Å²) >= 11 is 0. The van der Waals surface area contributed by atoms with Gasteiger partial charge in [0.25, 0.3) is 5.91 Å². The molecule has 2 aromatic rings. The summed E-state index contributed by atoms with van der Waals surface area (Å²) in [6.45, 7) is 1.73. The van der Waals surface area contributed by atoms with Crippen molar-refractivity contribution in [2.75, 3.05) is 36.9 Å². The quantitative estimate of drug-likeness (QED) is 0.927. The number of anilines is 2. The number of nitrogens with zero attached hydrogens (tertiary/aromatic N) is 2. The predicted molar refractivity (Wildman–Crippen MR) is 103 cm³/mol. The largest absolute Gasteiger partial charge is 0.376 e. The number of hydrogen-bond donors (Lipinski definition) is 1. The second-order valence-electron chi connectivity index (χ2n) is 6.98. The van der Waals surface area contributed by atoms with E-state index in [0.29, 0.717) is 0 Å². The fraction of sp³-hybridized carbons (Fsp3) is 0.333.